The van der Waals surface area contributed by atoms with Gasteiger partial charge in [-0.2, -0.15) is 55.2 Å². The molecule has 2 aromatic heterocycles. The molecule has 0 radical (unpaired) electrons. The summed E-state index contributed by atoms with van der Waals surface area (Å²) in [4.78, 5) is 27.4. The standard InChI is InChI=1S/C42H44N12O20S6/c1-5-53(6-2)41-49-37(48-40(51-41)46-32-19-29(75-72-69-57)13-16-35(32)79(63,64)65)43-27-11-9-25(34(17-27)77-74-71-59)7-8-26-10-12-28(18-36(26)80(66,67)68)44-38-47-39(52-42(50-38)54(21-23(3)55)22-24(4)56)45-31-20-30(78(60,61)62)14-15-33(31)76-73-70-58/h5-20,23-24,55-59H,1-2,21-22H2,3-4H3,(H,60,61,62)(H,63,64,65)(H,66,67,68)(H2,43,46,48,49,51)(H2,44,45,47,50,52)/b8-7+. The van der Waals surface area contributed by atoms with Crippen LogP contribution in [0.3, 0.4) is 0 Å². The first-order chi connectivity index (χ1) is 37.9. The molecule has 0 fully saturated rings. The van der Waals surface area contributed by atoms with Crippen molar-refractivity contribution in [2.24, 2.45) is 0 Å². The van der Waals surface area contributed by atoms with E-state index >= 15 is 0 Å². The SMILES string of the molecule is C=CN(C=C)c1nc(Nc2ccc(/C=C/c3ccc(Nc4nc(Nc5cc(S(=O)(=O)O)ccc5SOOO)nc(N(CC(C)O)CC(C)O)n4)cc3S(=O)(=O)O)c(SOOO)c2)nc(Nc2cc(SOOO)ccc2S(=O)(=O)O)n1. The second-order valence-corrected chi connectivity index (χ2v) is 22.2. The topological polar surface area (TPSA) is 452 Å². The zero-order valence-electron chi connectivity index (χ0n) is 40.7. The van der Waals surface area contributed by atoms with Crippen molar-refractivity contribution in [3.63, 3.8) is 0 Å². The molecule has 0 amide bonds. The molecule has 0 aliphatic rings. The number of aliphatic hydroxyl groups is 2. The summed E-state index contributed by atoms with van der Waals surface area (Å²) in [6.07, 6.45) is 3.31. The largest absolute Gasteiger partial charge is 0.392 e. The van der Waals surface area contributed by atoms with Gasteiger partial charge >= 0.3 is 0 Å². The lowest BCUT2D eigenvalue weighted by atomic mass is 10.1. The van der Waals surface area contributed by atoms with Gasteiger partial charge in [0.15, 0.2) is 0 Å². The van der Waals surface area contributed by atoms with Crippen LogP contribution in [-0.2, 0) is 58.5 Å². The minimum atomic E-state index is -5.03. The van der Waals surface area contributed by atoms with Crippen LogP contribution in [-0.4, -0.2) is 120 Å². The fraction of sp³-hybridized carbons (Fsp3) is 0.143. The molecule has 2 atom stereocenters. The van der Waals surface area contributed by atoms with E-state index in [1.165, 1.54) is 96.7 Å². The summed E-state index contributed by atoms with van der Waals surface area (Å²) in [5, 5.41) is 69.4. The van der Waals surface area contributed by atoms with E-state index in [2.05, 4.69) is 88.1 Å². The second kappa shape index (κ2) is 28.1. The van der Waals surface area contributed by atoms with Crippen LogP contribution in [0.2, 0.25) is 0 Å². The van der Waals surface area contributed by atoms with Crippen molar-refractivity contribution in [2.75, 3.05) is 44.2 Å². The number of aromatic nitrogens is 6. The molecule has 12 N–H and O–H groups in total. The lowest BCUT2D eigenvalue weighted by Crippen LogP contribution is -2.37. The summed E-state index contributed by atoms with van der Waals surface area (Å²) in [5.74, 6) is -1.38. The molecule has 6 rings (SSSR count). The number of aliphatic hydroxyl groups excluding tert-OH is 2. The maximum absolute atomic E-state index is 13.0. The Morgan fingerprint density at radius 1 is 0.550 bits per heavy atom. The Morgan fingerprint density at radius 3 is 1.59 bits per heavy atom. The minimum Gasteiger partial charge on any atom is -0.392 e. The van der Waals surface area contributed by atoms with Crippen molar-refractivity contribution in [3.8, 4) is 0 Å². The van der Waals surface area contributed by atoms with E-state index in [9.17, 15) is 49.1 Å². The molecule has 38 heteroatoms. The number of benzene rings is 4. The Morgan fingerprint density at radius 2 is 1.05 bits per heavy atom. The molecule has 2 heterocycles. The molecule has 0 saturated carbocycles. The Hall–Kier alpha value is -6.74. The average Bonchev–Trinajstić information content (AvgIpc) is 3.38. The number of nitrogens with one attached hydrogen (secondary N) is 4. The maximum Gasteiger partial charge on any atom is 0.296 e. The molecule has 6 aromatic rings. The summed E-state index contributed by atoms with van der Waals surface area (Å²) >= 11 is 1.39. The van der Waals surface area contributed by atoms with E-state index in [4.69, 9.17) is 20.1 Å². The Bertz CT molecular complexity index is 3560. The highest BCUT2D eigenvalue weighted by Crippen LogP contribution is 2.36. The number of hydrogen-bond acceptors (Lipinski definition) is 32. The van der Waals surface area contributed by atoms with E-state index in [1.54, 1.807) is 0 Å². The summed E-state index contributed by atoms with van der Waals surface area (Å²) in [7, 11) is -14.6. The summed E-state index contributed by atoms with van der Waals surface area (Å²) in [5.41, 5.74) is 0.0507. The highest BCUT2D eigenvalue weighted by atomic mass is 32.2. The molecule has 0 bridgehead atoms. The molecule has 428 valence electrons. The van der Waals surface area contributed by atoms with E-state index in [-0.39, 0.29) is 91.8 Å². The predicted molar refractivity (Wildman–Crippen MR) is 287 cm³/mol. The van der Waals surface area contributed by atoms with Crippen LogP contribution in [0.1, 0.15) is 25.0 Å². The van der Waals surface area contributed by atoms with Gasteiger partial charge in [0, 0.05) is 46.7 Å². The van der Waals surface area contributed by atoms with Crippen LogP contribution in [0.25, 0.3) is 12.2 Å². The van der Waals surface area contributed by atoms with Crippen LogP contribution in [0.15, 0.2) is 128 Å². The van der Waals surface area contributed by atoms with Gasteiger partial charge in [-0.15, -0.1) is 13.0 Å². The minimum absolute atomic E-state index is 0.0351. The monoisotopic (exact) mass is 1230 g/mol. The van der Waals surface area contributed by atoms with Gasteiger partial charge < -0.3 is 36.4 Å². The van der Waals surface area contributed by atoms with E-state index in [0.717, 1.165) is 24.3 Å². The lowest BCUT2D eigenvalue weighted by molar-refractivity contribution is -0.432. The molecule has 0 spiro atoms. The molecule has 4 aromatic carbocycles. The molecular weight excluding hydrogens is 1180 g/mol. The first-order valence-electron chi connectivity index (χ1n) is 21.8. The third kappa shape index (κ3) is 17.9. The number of rotatable bonds is 30. The van der Waals surface area contributed by atoms with Gasteiger partial charge in [-0.1, -0.05) is 52.6 Å². The first kappa shape index (κ1) is 62.5. The maximum atomic E-state index is 13.0. The normalized spacial score (nSPS) is 12.7. The van der Waals surface area contributed by atoms with Gasteiger partial charge in [-0.05, 0) is 85.6 Å². The fourth-order valence-corrected chi connectivity index (χ4v) is 9.86. The third-order valence-electron chi connectivity index (χ3n) is 9.82. The highest BCUT2D eigenvalue weighted by molar-refractivity contribution is 7.95. The second-order valence-electron chi connectivity index (χ2n) is 15.7. The number of hydrogen-bond donors (Lipinski definition) is 12. The Balaban J connectivity index is 1.35. The first-order valence-corrected chi connectivity index (χ1v) is 28.3. The van der Waals surface area contributed by atoms with Crippen LogP contribution in [0.5, 0.6) is 0 Å². The molecule has 32 nitrogen and oxygen atoms in total. The van der Waals surface area contributed by atoms with Gasteiger partial charge in [0.25, 0.3) is 30.4 Å². The zero-order chi connectivity index (χ0) is 58.4. The Labute approximate surface area is 466 Å². The molecule has 0 aliphatic carbocycles. The quantitative estimate of drug-likeness (QED) is 0.00718. The van der Waals surface area contributed by atoms with Gasteiger partial charge in [-0.3, -0.25) is 18.6 Å². The van der Waals surface area contributed by atoms with Crippen LogP contribution in [0.4, 0.5) is 58.4 Å². The van der Waals surface area contributed by atoms with Crippen LogP contribution >= 0.6 is 36.1 Å². The van der Waals surface area contributed by atoms with Gasteiger partial charge in [0.05, 0.1) is 69.5 Å². The van der Waals surface area contributed by atoms with Crippen molar-refractivity contribution in [3.05, 3.63) is 109 Å². The number of anilines is 10. The predicted octanol–water partition coefficient (Wildman–Crippen LogP) is 6.89. The highest BCUT2D eigenvalue weighted by Gasteiger charge is 2.23. The van der Waals surface area contributed by atoms with E-state index < -0.39 is 57.2 Å². The molecule has 0 saturated heterocycles. The molecule has 80 heavy (non-hydrogen) atoms. The zero-order valence-corrected chi connectivity index (χ0v) is 45.6. The summed E-state index contributed by atoms with van der Waals surface area (Å²) in [6, 6.07) is 14.8. The molecular formula is C42H44N12O20S6. The average molecular weight is 1230 g/mol. The van der Waals surface area contributed by atoms with Gasteiger partial charge in [0.2, 0.25) is 35.7 Å². The fourth-order valence-electron chi connectivity index (χ4n) is 6.68. The van der Waals surface area contributed by atoms with E-state index in [1.807, 2.05) is 0 Å². The summed E-state index contributed by atoms with van der Waals surface area (Å²) in [6.45, 7) is 10.0. The van der Waals surface area contributed by atoms with Crippen LogP contribution in [0, 0.1) is 0 Å². The van der Waals surface area contributed by atoms with Crippen LogP contribution < -0.4 is 31.1 Å². The van der Waals surface area contributed by atoms with Crippen molar-refractivity contribution in [1.29, 1.82) is 0 Å². The third-order valence-corrected chi connectivity index (χ3v) is 14.4. The molecule has 0 aliphatic heterocycles. The Kier molecular flexibility index (Phi) is 21.9. The smallest absolute Gasteiger partial charge is 0.296 e. The summed E-state index contributed by atoms with van der Waals surface area (Å²) < 4.78 is 119. The number of nitrogens with zero attached hydrogens (tertiary/aromatic N) is 8. The van der Waals surface area contributed by atoms with Crippen molar-refractivity contribution in [2.45, 2.75) is 55.4 Å². The van der Waals surface area contributed by atoms with E-state index in [0.29, 0.717) is 41.7 Å². The van der Waals surface area contributed by atoms with Crippen molar-refractivity contribution < 1.29 is 93.0 Å². The lowest BCUT2D eigenvalue weighted by Gasteiger charge is -2.26. The van der Waals surface area contributed by atoms with Gasteiger partial charge in [0.1, 0.15) is 9.79 Å². The molecule has 2 unspecified atom stereocenters. The van der Waals surface area contributed by atoms with Crippen molar-refractivity contribution >= 4 is 137 Å². The van der Waals surface area contributed by atoms with Crippen molar-refractivity contribution in [1.82, 2.24) is 29.9 Å². The van der Waals surface area contributed by atoms with Gasteiger partial charge in [-0.25, -0.2) is 15.8 Å².